The first-order chi connectivity index (χ1) is 16.9. The van der Waals surface area contributed by atoms with E-state index in [1.165, 1.54) is 6.07 Å². The fourth-order valence-corrected chi connectivity index (χ4v) is 4.76. The summed E-state index contributed by atoms with van der Waals surface area (Å²) in [5.74, 6) is -1.27. The molecule has 4 aromatic rings. The van der Waals surface area contributed by atoms with Gasteiger partial charge in [-0.25, -0.2) is 9.18 Å². The number of carbonyl (C=O) groups is 2. The molecule has 1 aliphatic heterocycles. The molecular formula is C26H22ClFN4O3. The molecule has 35 heavy (non-hydrogen) atoms. The molecule has 5 rings (SSSR count). The van der Waals surface area contributed by atoms with E-state index in [4.69, 9.17) is 16.3 Å². The van der Waals surface area contributed by atoms with Crippen LogP contribution in [-0.4, -0.2) is 38.3 Å². The third-order valence-electron chi connectivity index (χ3n) is 6.15. The highest BCUT2D eigenvalue weighted by molar-refractivity contribution is 6.30. The molecule has 7 nitrogen and oxygen atoms in total. The normalized spacial score (nSPS) is 15.4. The number of hydrogen-bond donors (Lipinski definition) is 1. The summed E-state index contributed by atoms with van der Waals surface area (Å²) < 4.78 is 21.8. The van der Waals surface area contributed by atoms with E-state index < -0.39 is 17.8 Å². The summed E-state index contributed by atoms with van der Waals surface area (Å²) in [6.45, 7) is 3.77. The number of ketones is 1. The summed E-state index contributed by atoms with van der Waals surface area (Å²) in [7, 11) is 0. The average Bonchev–Trinajstić information content (AvgIpc) is 3.45. The van der Waals surface area contributed by atoms with Crippen LogP contribution in [0.5, 0.6) is 0 Å². The van der Waals surface area contributed by atoms with Gasteiger partial charge in [-0.1, -0.05) is 29.3 Å². The second-order valence-corrected chi connectivity index (χ2v) is 8.95. The van der Waals surface area contributed by atoms with Crippen LogP contribution < -0.4 is 0 Å². The molecule has 0 fully saturated rings. The molecule has 0 radical (unpaired) electrons. The Morgan fingerprint density at radius 1 is 1.23 bits per heavy atom. The van der Waals surface area contributed by atoms with Crippen LogP contribution in [0.2, 0.25) is 5.02 Å². The van der Waals surface area contributed by atoms with Crippen molar-refractivity contribution in [1.82, 2.24) is 20.0 Å². The van der Waals surface area contributed by atoms with E-state index in [2.05, 4.69) is 15.3 Å². The molecular weight excluding hydrogens is 471 g/mol. The maximum absolute atomic E-state index is 15.2. The predicted octanol–water partition coefficient (Wildman–Crippen LogP) is 5.00. The van der Waals surface area contributed by atoms with Gasteiger partial charge in [0, 0.05) is 40.1 Å². The zero-order valence-corrected chi connectivity index (χ0v) is 19.9. The molecule has 1 atom stereocenters. The first kappa shape index (κ1) is 23.0. The molecule has 1 N–H and O–H groups in total. The topological polar surface area (TPSA) is 89.9 Å². The highest BCUT2D eigenvalue weighted by Gasteiger charge is 2.35. The minimum absolute atomic E-state index is 0.119. The highest BCUT2D eigenvalue weighted by atomic mass is 35.5. The fraction of sp³-hybridized carbons (Fsp3) is 0.231. The number of aromatic nitrogens is 4. The van der Waals surface area contributed by atoms with Crippen molar-refractivity contribution in [2.75, 3.05) is 6.61 Å². The van der Waals surface area contributed by atoms with E-state index in [-0.39, 0.29) is 35.1 Å². The Balaban J connectivity index is 1.59. The number of hydrogen-bond acceptors (Lipinski definition) is 5. The van der Waals surface area contributed by atoms with Crippen LogP contribution in [0.3, 0.4) is 0 Å². The number of carbonyl (C=O) groups excluding carboxylic acids is 2. The molecule has 1 aliphatic rings. The number of Topliss-reactive ketones (excluding diaryl/α,β-unsaturated/α-hetero) is 1. The van der Waals surface area contributed by atoms with E-state index in [1.807, 2.05) is 25.1 Å². The van der Waals surface area contributed by atoms with Crippen LogP contribution in [0.4, 0.5) is 4.39 Å². The summed E-state index contributed by atoms with van der Waals surface area (Å²) in [6, 6.07) is 10.8. The van der Waals surface area contributed by atoms with Gasteiger partial charge in [-0.15, -0.1) is 0 Å². The minimum atomic E-state index is -0.843. The average molecular weight is 493 g/mol. The highest BCUT2D eigenvalue weighted by Crippen LogP contribution is 2.38. The largest absolute Gasteiger partial charge is 0.461 e. The lowest BCUT2D eigenvalue weighted by Crippen LogP contribution is -2.29. The molecule has 0 saturated heterocycles. The summed E-state index contributed by atoms with van der Waals surface area (Å²) in [5.41, 5.74) is 4.00. The summed E-state index contributed by atoms with van der Waals surface area (Å²) in [5, 5.41) is 12.5. The molecule has 2 aromatic carbocycles. The number of H-pyrrole nitrogens is 1. The van der Waals surface area contributed by atoms with Crippen molar-refractivity contribution in [2.24, 2.45) is 0 Å². The number of ether oxygens (including phenoxy) is 1. The number of nitrogens with zero attached hydrogens (tertiary/aromatic N) is 3. The van der Waals surface area contributed by atoms with Crippen LogP contribution >= 0.6 is 11.6 Å². The van der Waals surface area contributed by atoms with E-state index in [1.54, 1.807) is 36.0 Å². The third kappa shape index (κ3) is 4.25. The Bertz CT molecular complexity index is 1500. The Kier molecular flexibility index (Phi) is 5.98. The Morgan fingerprint density at radius 2 is 2.06 bits per heavy atom. The number of halogens is 2. The number of fused-ring (bicyclic) bond motifs is 2. The summed E-state index contributed by atoms with van der Waals surface area (Å²) >= 11 is 6.00. The first-order valence-corrected chi connectivity index (χ1v) is 11.6. The molecule has 0 saturated carbocycles. The van der Waals surface area contributed by atoms with Gasteiger partial charge in [0.25, 0.3) is 0 Å². The van der Waals surface area contributed by atoms with Crippen LogP contribution in [0.15, 0.2) is 59.8 Å². The van der Waals surface area contributed by atoms with Crippen molar-refractivity contribution < 1.29 is 18.7 Å². The maximum atomic E-state index is 15.2. The minimum Gasteiger partial charge on any atom is -0.461 e. The van der Waals surface area contributed by atoms with Gasteiger partial charge in [-0.05, 0) is 49.7 Å². The second kappa shape index (κ2) is 9.11. The van der Waals surface area contributed by atoms with Crippen molar-refractivity contribution in [1.29, 1.82) is 0 Å². The predicted molar refractivity (Wildman–Crippen MR) is 129 cm³/mol. The van der Waals surface area contributed by atoms with Gasteiger partial charge in [-0.2, -0.15) is 10.2 Å². The summed E-state index contributed by atoms with van der Waals surface area (Å²) in [4.78, 5) is 26.1. The van der Waals surface area contributed by atoms with E-state index in [9.17, 15) is 9.59 Å². The van der Waals surface area contributed by atoms with Crippen LogP contribution in [-0.2, 0) is 22.4 Å². The van der Waals surface area contributed by atoms with Crippen molar-refractivity contribution in [3.63, 3.8) is 0 Å². The zero-order valence-electron chi connectivity index (χ0n) is 19.1. The maximum Gasteiger partial charge on any atom is 0.358 e. The number of esters is 1. The SMILES string of the molecule is CCOC(=O)c1cc2n(n1)C(c1ccc(Cl)cc1F)C(C(=O)Cc1ccc3[nH]ncc3c1)=C(C)C2. The van der Waals surface area contributed by atoms with E-state index in [0.717, 1.165) is 22.0 Å². The Labute approximate surface area is 205 Å². The molecule has 3 heterocycles. The molecule has 0 aliphatic carbocycles. The third-order valence-corrected chi connectivity index (χ3v) is 6.38. The molecule has 0 spiro atoms. The van der Waals surface area contributed by atoms with Crippen LogP contribution in [0.25, 0.3) is 10.9 Å². The summed E-state index contributed by atoms with van der Waals surface area (Å²) in [6.07, 6.45) is 2.23. The van der Waals surface area contributed by atoms with Gasteiger partial charge in [-0.3, -0.25) is 14.6 Å². The van der Waals surface area contributed by atoms with Gasteiger partial charge >= 0.3 is 5.97 Å². The number of rotatable bonds is 6. The lowest BCUT2D eigenvalue weighted by Gasteiger charge is -2.29. The van der Waals surface area contributed by atoms with Gasteiger partial charge in [0.2, 0.25) is 0 Å². The molecule has 9 heteroatoms. The second-order valence-electron chi connectivity index (χ2n) is 8.52. The van der Waals surface area contributed by atoms with Crippen molar-refractivity contribution in [2.45, 2.75) is 32.7 Å². The lowest BCUT2D eigenvalue weighted by molar-refractivity contribution is -0.115. The van der Waals surface area contributed by atoms with Gasteiger partial charge < -0.3 is 4.74 Å². The smallest absolute Gasteiger partial charge is 0.358 e. The van der Waals surface area contributed by atoms with Crippen molar-refractivity contribution in [3.05, 3.63) is 93.2 Å². The number of allylic oxidation sites excluding steroid dienone is 2. The number of nitrogens with one attached hydrogen (secondary N) is 1. The first-order valence-electron chi connectivity index (χ1n) is 11.2. The van der Waals surface area contributed by atoms with Gasteiger partial charge in [0.1, 0.15) is 11.9 Å². The standard InChI is InChI=1S/C26H22ClFN4O3/c1-3-35-26(34)22-12-18-8-14(2)24(23(33)10-15-4-7-21-16(9-15)13-29-30-21)25(32(18)31-22)19-6-5-17(27)11-20(19)28/h4-7,9,11-13,25H,3,8,10H2,1-2H3,(H,29,30). The quantitative estimate of drug-likeness (QED) is 0.382. The zero-order chi connectivity index (χ0) is 24.7. The van der Waals surface area contributed by atoms with E-state index >= 15 is 4.39 Å². The molecule has 178 valence electrons. The van der Waals surface area contributed by atoms with Crippen LogP contribution in [0, 0.1) is 5.82 Å². The molecule has 0 amide bonds. The van der Waals surface area contributed by atoms with Crippen molar-refractivity contribution >= 4 is 34.3 Å². The fourth-order valence-electron chi connectivity index (χ4n) is 4.60. The Morgan fingerprint density at radius 3 is 2.83 bits per heavy atom. The number of aromatic amines is 1. The molecule has 1 unspecified atom stereocenters. The monoisotopic (exact) mass is 492 g/mol. The lowest BCUT2D eigenvalue weighted by atomic mass is 9.85. The number of benzene rings is 2. The van der Waals surface area contributed by atoms with Crippen molar-refractivity contribution in [3.8, 4) is 0 Å². The molecule has 2 aromatic heterocycles. The van der Waals surface area contributed by atoms with Crippen LogP contribution in [0.1, 0.15) is 47.2 Å². The van der Waals surface area contributed by atoms with E-state index in [0.29, 0.717) is 17.7 Å². The Hall–Kier alpha value is -3.78. The molecule has 0 bridgehead atoms. The van der Waals surface area contributed by atoms with Gasteiger partial charge in [0.05, 0.1) is 18.3 Å². The van der Waals surface area contributed by atoms with Gasteiger partial charge in [0.15, 0.2) is 11.5 Å².